The van der Waals surface area contributed by atoms with Crippen LogP contribution < -0.4 is 0 Å². The van der Waals surface area contributed by atoms with E-state index in [1.54, 1.807) is 0 Å². The van der Waals surface area contributed by atoms with Gasteiger partial charge >= 0.3 is 17.9 Å². The molecule has 0 aliphatic rings. The van der Waals surface area contributed by atoms with E-state index in [1.165, 1.54) is 295 Å². The molecular weight excluding hydrogens is 973 g/mol. The summed E-state index contributed by atoms with van der Waals surface area (Å²) in [5.41, 5.74) is 0. The van der Waals surface area contributed by atoms with Gasteiger partial charge in [-0.25, -0.2) is 0 Å². The summed E-state index contributed by atoms with van der Waals surface area (Å²) in [6, 6.07) is 0. The minimum Gasteiger partial charge on any atom is -0.462 e. The molecule has 6 nitrogen and oxygen atoms in total. The Kier molecular flexibility index (Phi) is 62.7. The SMILES string of the molecule is CCC(C)CCCCCCCCCCCCCCCCCCCCC(=O)OC[C@H](COC(=O)CCCCCCCCCCCCCCCCCC(C)C)OC(=O)CCCCCCCCCCCCCCCCCCCCC(C)C. The molecule has 0 rings (SSSR count). The number of carbonyl (C=O) groups is 3. The van der Waals surface area contributed by atoms with E-state index in [-0.39, 0.29) is 31.1 Å². The predicted molar refractivity (Wildman–Crippen MR) is 344 cm³/mol. The zero-order chi connectivity index (χ0) is 57.6. The van der Waals surface area contributed by atoms with Crippen LogP contribution in [-0.4, -0.2) is 37.2 Å². The van der Waals surface area contributed by atoms with Crippen molar-refractivity contribution in [1.82, 2.24) is 0 Å². The third-order valence-electron chi connectivity index (χ3n) is 17.3. The van der Waals surface area contributed by atoms with Crippen molar-refractivity contribution in [3.63, 3.8) is 0 Å². The van der Waals surface area contributed by atoms with Crippen molar-refractivity contribution in [1.29, 1.82) is 0 Å². The van der Waals surface area contributed by atoms with E-state index in [4.69, 9.17) is 14.2 Å². The van der Waals surface area contributed by atoms with Gasteiger partial charge in [0.2, 0.25) is 0 Å². The maximum atomic E-state index is 13.0. The van der Waals surface area contributed by atoms with Crippen LogP contribution >= 0.6 is 0 Å². The van der Waals surface area contributed by atoms with E-state index in [0.29, 0.717) is 19.3 Å². The topological polar surface area (TPSA) is 78.9 Å². The van der Waals surface area contributed by atoms with Gasteiger partial charge < -0.3 is 14.2 Å². The highest BCUT2D eigenvalue weighted by Gasteiger charge is 2.20. The molecule has 470 valence electrons. The quantitative estimate of drug-likeness (QED) is 0.0343. The lowest BCUT2D eigenvalue weighted by molar-refractivity contribution is -0.167. The summed E-state index contributed by atoms with van der Waals surface area (Å²) in [5, 5.41) is 0. The van der Waals surface area contributed by atoms with Crippen LogP contribution in [0.4, 0.5) is 0 Å². The highest BCUT2D eigenvalue weighted by atomic mass is 16.6. The molecule has 0 aliphatic carbocycles. The minimum absolute atomic E-state index is 0.0616. The molecule has 0 radical (unpaired) electrons. The van der Waals surface area contributed by atoms with Crippen molar-refractivity contribution in [2.75, 3.05) is 13.2 Å². The van der Waals surface area contributed by atoms with E-state index in [2.05, 4.69) is 41.5 Å². The van der Waals surface area contributed by atoms with Gasteiger partial charge in [0.25, 0.3) is 0 Å². The third kappa shape index (κ3) is 65.4. The summed E-state index contributed by atoms with van der Waals surface area (Å²) in [7, 11) is 0. The molecule has 0 saturated carbocycles. The fourth-order valence-electron chi connectivity index (χ4n) is 11.4. The van der Waals surface area contributed by atoms with Crippen LogP contribution in [0.3, 0.4) is 0 Å². The molecule has 0 fully saturated rings. The average molecular weight is 1120 g/mol. The second-order valence-electron chi connectivity index (χ2n) is 26.4. The van der Waals surface area contributed by atoms with Crippen molar-refractivity contribution < 1.29 is 28.6 Å². The molecular formula is C73H142O6. The molecule has 0 amide bonds. The number of esters is 3. The van der Waals surface area contributed by atoms with Crippen LogP contribution in [0.1, 0.15) is 414 Å². The zero-order valence-corrected chi connectivity index (χ0v) is 54.7. The first kappa shape index (κ1) is 77.4. The Hall–Kier alpha value is -1.59. The minimum atomic E-state index is -0.766. The van der Waals surface area contributed by atoms with Gasteiger partial charge in [-0.2, -0.15) is 0 Å². The summed E-state index contributed by atoms with van der Waals surface area (Å²) in [6.07, 6.45) is 72.6. The first-order chi connectivity index (χ1) is 38.6. The van der Waals surface area contributed by atoms with Gasteiger partial charge in [-0.3, -0.25) is 14.4 Å². The maximum Gasteiger partial charge on any atom is 0.306 e. The van der Waals surface area contributed by atoms with E-state index < -0.39 is 6.10 Å². The van der Waals surface area contributed by atoms with Gasteiger partial charge in [-0.05, 0) is 37.0 Å². The molecule has 2 atom stereocenters. The normalized spacial score (nSPS) is 12.5. The van der Waals surface area contributed by atoms with Gasteiger partial charge in [0, 0.05) is 19.3 Å². The fourth-order valence-corrected chi connectivity index (χ4v) is 11.4. The first-order valence-electron chi connectivity index (χ1n) is 36.1. The Morgan fingerprint density at radius 2 is 0.443 bits per heavy atom. The maximum absolute atomic E-state index is 13.0. The van der Waals surface area contributed by atoms with Crippen LogP contribution in [0.25, 0.3) is 0 Å². The molecule has 0 aliphatic heterocycles. The Morgan fingerprint density at radius 3 is 0.658 bits per heavy atom. The second kappa shape index (κ2) is 64.0. The van der Waals surface area contributed by atoms with Gasteiger partial charge in [-0.15, -0.1) is 0 Å². The summed E-state index contributed by atoms with van der Waals surface area (Å²) in [5.74, 6) is 1.79. The Balaban J connectivity index is 4.27. The summed E-state index contributed by atoms with van der Waals surface area (Å²) < 4.78 is 17.0. The summed E-state index contributed by atoms with van der Waals surface area (Å²) in [4.78, 5) is 38.5. The molecule has 1 unspecified atom stereocenters. The van der Waals surface area contributed by atoms with Crippen molar-refractivity contribution in [3.05, 3.63) is 0 Å². The summed E-state index contributed by atoms with van der Waals surface area (Å²) in [6.45, 7) is 13.9. The number of hydrogen-bond donors (Lipinski definition) is 0. The van der Waals surface area contributed by atoms with Gasteiger partial charge in [-0.1, -0.05) is 375 Å². The lowest BCUT2D eigenvalue weighted by atomic mass is 9.99. The molecule has 0 N–H and O–H groups in total. The van der Waals surface area contributed by atoms with Crippen LogP contribution in [0.5, 0.6) is 0 Å². The molecule has 0 spiro atoms. The zero-order valence-electron chi connectivity index (χ0n) is 54.7. The van der Waals surface area contributed by atoms with Crippen LogP contribution in [0.2, 0.25) is 0 Å². The van der Waals surface area contributed by atoms with Crippen molar-refractivity contribution in [2.45, 2.75) is 420 Å². The molecule has 0 saturated heterocycles. The monoisotopic (exact) mass is 1120 g/mol. The Bertz CT molecular complexity index is 1230. The smallest absolute Gasteiger partial charge is 0.306 e. The van der Waals surface area contributed by atoms with E-state index in [1.807, 2.05) is 0 Å². The molecule has 79 heavy (non-hydrogen) atoms. The van der Waals surface area contributed by atoms with E-state index in [9.17, 15) is 14.4 Å². The molecule has 0 heterocycles. The third-order valence-corrected chi connectivity index (χ3v) is 17.3. The highest BCUT2D eigenvalue weighted by Crippen LogP contribution is 2.20. The van der Waals surface area contributed by atoms with Gasteiger partial charge in [0.05, 0.1) is 0 Å². The van der Waals surface area contributed by atoms with Crippen molar-refractivity contribution >= 4 is 17.9 Å². The van der Waals surface area contributed by atoms with Crippen LogP contribution in [0, 0.1) is 17.8 Å². The van der Waals surface area contributed by atoms with Crippen LogP contribution in [-0.2, 0) is 28.6 Å². The number of rotatable bonds is 66. The lowest BCUT2D eigenvalue weighted by Crippen LogP contribution is -2.30. The summed E-state index contributed by atoms with van der Waals surface area (Å²) >= 11 is 0. The van der Waals surface area contributed by atoms with Crippen molar-refractivity contribution in [2.24, 2.45) is 17.8 Å². The first-order valence-corrected chi connectivity index (χ1v) is 36.1. The number of unbranched alkanes of at least 4 members (excludes halogenated alkanes) is 48. The second-order valence-corrected chi connectivity index (χ2v) is 26.4. The average Bonchev–Trinajstić information content (AvgIpc) is 3.43. The number of ether oxygens (including phenoxy) is 3. The fraction of sp³-hybridized carbons (Fsp3) is 0.959. The van der Waals surface area contributed by atoms with Crippen LogP contribution in [0.15, 0.2) is 0 Å². The largest absolute Gasteiger partial charge is 0.462 e. The molecule has 0 aromatic carbocycles. The molecule has 0 aromatic rings. The Morgan fingerprint density at radius 1 is 0.253 bits per heavy atom. The molecule has 6 heteroatoms. The standard InChI is InChI=1S/C73H142O6/c1-7-69(6)61-55-49-43-37-31-25-19-13-9-11-14-20-26-32-38-44-50-56-62-71(74)77-65-70(66-78-72(75)63-57-51-45-39-33-27-22-16-18-24-30-36-42-48-54-60-68(4)5)79-73(76)64-58-52-46-40-34-28-21-15-10-8-12-17-23-29-35-41-47-53-59-67(2)3/h67-70H,7-66H2,1-6H3/t69?,70-/m1/s1. The van der Waals surface area contributed by atoms with Gasteiger partial charge in [0.1, 0.15) is 13.2 Å². The Labute approximate surface area is 495 Å². The van der Waals surface area contributed by atoms with Crippen molar-refractivity contribution in [3.8, 4) is 0 Å². The number of carbonyl (C=O) groups excluding carboxylic acids is 3. The van der Waals surface area contributed by atoms with E-state index >= 15 is 0 Å². The van der Waals surface area contributed by atoms with Gasteiger partial charge in [0.15, 0.2) is 6.10 Å². The molecule has 0 bridgehead atoms. The predicted octanol–water partition coefficient (Wildman–Crippen LogP) is 24.6. The number of hydrogen-bond acceptors (Lipinski definition) is 6. The van der Waals surface area contributed by atoms with E-state index in [0.717, 1.165) is 75.5 Å². The highest BCUT2D eigenvalue weighted by molar-refractivity contribution is 5.71. The lowest BCUT2D eigenvalue weighted by Gasteiger charge is -2.18. The molecule has 0 aromatic heterocycles.